The number of aromatic nitrogens is 1. The number of hydrogen-bond donors (Lipinski definition) is 1. The molecule has 1 amide bonds. The molecule has 1 saturated heterocycles. The molecular weight excluding hydrogens is 222 g/mol. The molecule has 0 aromatic carbocycles. The van der Waals surface area contributed by atoms with E-state index in [1.165, 1.54) is 0 Å². The van der Waals surface area contributed by atoms with Gasteiger partial charge in [0.1, 0.15) is 11.5 Å². The standard InChI is InChI=1S/C11H15N3OS/c1-8-7-16-6-5-14(8)11(15)9-3-2-4-10(12)13-9/h2-4,8H,5-7H2,1H3,(H2,12,13). The third-order valence-corrected chi connectivity index (χ3v) is 3.81. The number of carbonyl (C=O) groups excluding carboxylic acids is 1. The largest absolute Gasteiger partial charge is 0.384 e. The van der Waals surface area contributed by atoms with Crippen LogP contribution in [0.5, 0.6) is 0 Å². The summed E-state index contributed by atoms with van der Waals surface area (Å²) in [4.78, 5) is 18.1. The van der Waals surface area contributed by atoms with Crippen molar-refractivity contribution in [1.29, 1.82) is 0 Å². The van der Waals surface area contributed by atoms with E-state index in [1.807, 2.05) is 16.7 Å². The molecule has 1 aliphatic rings. The highest BCUT2D eigenvalue weighted by Crippen LogP contribution is 2.18. The highest BCUT2D eigenvalue weighted by Gasteiger charge is 2.25. The normalized spacial score (nSPS) is 20.8. The van der Waals surface area contributed by atoms with Crippen molar-refractivity contribution in [3.05, 3.63) is 23.9 Å². The Hall–Kier alpha value is -1.23. The number of nitrogens with zero attached hydrogens (tertiary/aromatic N) is 2. The van der Waals surface area contributed by atoms with Gasteiger partial charge in [0.15, 0.2) is 0 Å². The van der Waals surface area contributed by atoms with Crippen molar-refractivity contribution in [3.63, 3.8) is 0 Å². The number of pyridine rings is 1. The number of rotatable bonds is 1. The van der Waals surface area contributed by atoms with Gasteiger partial charge in [-0.15, -0.1) is 0 Å². The third kappa shape index (κ3) is 2.29. The van der Waals surface area contributed by atoms with Crippen LogP contribution < -0.4 is 5.73 Å². The van der Waals surface area contributed by atoms with Gasteiger partial charge in [-0.1, -0.05) is 6.07 Å². The Kier molecular flexibility index (Phi) is 3.33. The quantitative estimate of drug-likeness (QED) is 0.798. The van der Waals surface area contributed by atoms with Crippen LogP contribution in [-0.4, -0.2) is 39.9 Å². The van der Waals surface area contributed by atoms with E-state index in [4.69, 9.17) is 5.73 Å². The molecule has 2 rings (SSSR count). The van der Waals surface area contributed by atoms with Gasteiger partial charge < -0.3 is 10.6 Å². The first-order valence-corrected chi connectivity index (χ1v) is 6.45. The Labute approximate surface area is 99.2 Å². The second-order valence-electron chi connectivity index (χ2n) is 3.87. The Bertz CT molecular complexity index is 397. The summed E-state index contributed by atoms with van der Waals surface area (Å²) in [6, 6.07) is 5.44. The summed E-state index contributed by atoms with van der Waals surface area (Å²) in [5.41, 5.74) is 6.02. The number of anilines is 1. The van der Waals surface area contributed by atoms with Crippen LogP contribution in [0.1, 0.15) is 17.4 Å². The fourth-order valence-electron chi connectivity index (χ4n) is 1.75. The minimum Gasteiger partial charge on any atom is -0.384 e. The van der Waals surface area contributed by atoms with Crippen LogP contribution in [0.25, 0.3) is 0 Å². The smallest absolute Gasteiger partial charge is 0.272 e. The summed E-state index contributed by atoms with van der Waals surface area (Å²) in [6.07, 6.45) is 0. The van der Waals surface area contributed by atoms with Crippen molar-refractivity contribution in [1.82, 2.24) is 9.88 Å². The second kappa shape index (κ2) is 4.74. The van der Waals surface area contributed by atoms with Gasteiger partial charge >= 0.3 is 0 Å². The van der Waals surface area contributed by atoms with Gasteiger partial charge in [-0.25, -0.2) is 4.98 Å². The van der Waals surface area contributed by atoms with Crippen molar-refractivity contribution >= 4 is 23.5 Å². The highest BCUT2D eigenvalue weighted by atomic mass is 32.2. The van der Waals surface area contributed by atoms with E-state index in [0.29, 0.717) is 11.5 Å². The predicted molar refractivity (Wildman–Crippen MR) is 66.5 cm³/mol. The first kappa shape index (κ1) is 11.3. The van der Waals surface area contributed by atoms with E-state index in [0.717, 1.165) is 18.1 Å². The number of thioether (sulfide) groups is 1. The number of carbonyl (C=O) groups is 1. The summed E-state index contributed by atoms with van der Waals surface area (Å²) in [5.74, 6) is 2.37. The molecule has 1 atom stereocenters. The second-order valence-corrected chi connectivity index (χ2v) is 5.02. The van der Waals surface area contributed by atoms with E-state index in [9.17, 15) is 4.79 Å². The minimum atomic E-state index is -0.0138. The fourth-order valence-corrected chi connectivity index (χ4v) is 2.76. The lowest BCUT2D eigenvalue weighted by Gasteiger charge is -2.32. The van der Waals surface area contributed by atoms with Crippen molar-refractivity contribution in [3.8, 4) is 0 Å². The lowest BCUT2D eigenvalue weighted by molar-refractivity contribution is 0.0710. The van der Waals surface area contributed by atoms with Gasteiger partial charge in [-0.3, -0.25) is 4.79 Å². The van der Waals surface area contributed by atoms with Crippen molar-refractivity contribution in [2.24, 2.45) is 0 Å². The lowest BCUT2D eigenvalue weighted by atomic mass is 10.2. The number of nitrogen functional groups attached to an aromatic ring is 1. The maximum Gasteiger partial charge on any atom is 0.272 e. The molecule has 2 heterocycles. The molecule has 1 aliphatic heterocycles. The summed E-state index contributed by atoms with van der Waals surface area (Å²) in [7, 11) is 0. The topological polar surface area (TPSA) is 59.2 Å². The monoisotopic (exact) mass is 237 g/mol. The maximum atomic E-state index is 12.2. The van der Waals surface area contributed by atoms with Gasteiger partial charge in [0, 0.05) is 24.1 Å². The molecule has 86 valence electrons. The molecule has 0 spiro atoms. The lowest BCUT2D eigenvalue weighted by Crippen LogP contribution is -2.44. The van der Waals surface area contributed by atoms with Crippen LogP contribution >= 0.6 is 11.8 Å². The number of hydrogen-bond acceptors (Lipinski definition) is 4. The molecule has 1 unspecified atom stereocenters. The molecular formula is C11H15N3OS. The van der Waals surface area contributed by atoms with Gasteiger partial charge in [0.25, 0.3) is 5.91 Å². The van der Waals surface area contributed by atoms with Crippen LogP contribution in [0, 0.1) is 0 Å². The zero-order chi connectivity index (χ0) is 11.5. The van der Waals surface area contributed by atoms with E-state index < -0.39 is 0 Å². The van der Waals surface area contributed by atoms with Crippen molar-refractivity contribution in [2.45, 2.75) is 13.0 Å². The number of amides is 1. The van der Waals surface area contributed by atoms with Crippen LogP contribution in [-0.2, 0) is 0 Å². The molecule has 4 nitrogen and oxygen atoms in total. The Morgan fingerprint density at radius 3 is 3.12 bits per heavy atom. The molecule has 16 heavy (non-hydrogen) atoms. The Morgan fingerprint density at radius 1 is 1.62 bits per heavy atom. The first-order valence-electron chi connectivity index (χ1n) is 5.30. The SMILES string of the molecule is CC1CSCCN1C(=O)c1cccc(N)n1. The van der Waals surface area contributed by atoms with Gasteiger partial charge in [-0.2, -0.15) is 11.8 Å². The van der Waals surface area contributed by atoms with E-state index >= 15 is 0 Å². The van der Waals surface area contributed by atoms with Gasteiger partial charge in [0.2, 0.25) is 0 Å². The minimum absolute atomic E-state index is 0.0138. The average molecular weight is 237 g/mol. The third-order valence-electron chi connectivity index (χ3n) is 2.62. The van der Waals surface area contributed by atoms with Crippen molar-refractivity contribution < 1.29 is 4.79 Å². The molecule has 0 radical (unpaired) electrons. The summed E-state index contributed by atoms with van der Waals surface area (Å²) in [5, 5.41) is 0. The molecule has 0 aliphatic carbocycles. The maximum absolute atomic E-state index is 12.2. The van der Waals surface area contributed by atoms with Gasteiger partial charge in [0.05, 0.1) is 0 Å². The summed E-state index contributed by atoms with van der Waals surface area (Å²) >= 11 is 1.88. The zero-order valence-electron chi connectivity index (χ0n) is 9.22. The summed E-state index contributed by atoms with van der Waals surface area (Å²) < 4.78 is 0. The van der Waals surface area contributed by atoms with E-state index in [1.54, 1.807) is 18.2 Å². The molecule has 1 aromatic rings. The van der Waals surface area contributed by atoms with E-state index in [2.05, 4.69) is 11.9 Å². The molecule has 5 heteroatoms. The Balaban J connectivity index is 2.17. The summed E-state index contributed by atoms with van der Waals surface area (Å²) in [6.45, 7) is 2.86. The van der Waals surface area contributed by atoms with Crippen molar-refractivity contribution in [2.75, 3.05) is 23.8 Å². The fraction of sp³-hybridized carbons (Fsp3) is 0.455. The van der Waals surface area contributed by atoms with Crippen LogP contribution in [0.2, 0.25) is 0 Å². The van der Waals surface area contributed by atoms with Crippen LogP contribution in [0.3, 0.4) is 0 Å². The molecule has 2 N–H and O–H groups in total. The predicted octanol–water partition coefficient (Wildman–Crippen LogP) is 1.24. The average Bonchev–Trinajstić information content (AvgIpc) is 2.29. The van der Waals surface area contributed by atoms with E-state index in [-0.39, 0.29) is 11.9 Å². The highest BCUT2D eigenvalue weighted by molar-refractivity contribution is 7.99. The molecule has 0 bridgehead atoms. The van der Waals surface area contributed by atoms with Crippen LogP contribution in [0.15, 0.2) is 18.2 Å². The Morgan fingerprint density at radius 2 is 2.44 bits per heavy atom. The molecule has 1 aromatic heterocycles. The molecule has 0 saturated carbocycles. The zero-order valence-corrected chi connectivity index (χ0v) is 10.0. The van der Waals surface area contributed by atoms with Gasteiger partial charge in [-0.05, 0) is 19.1 Å². The number of nitrogens with two attached hydrogens (primary N) is 1. The first-order chi connectivity index (χ1) is 7.68. The van der Waals surface area contributed by atoms with Crippen LogP contribution in [0.4, 0.5) is 5.82 Å². The molecule has 1 fully saturated rings.